The maximum absolute atomic E-state index is 12.6. The molecule has 0 radical (unpaired) electrons. The van der Waals surface area contributed by atoms with Crippen molar-refractivity contribution < 1.29 is 4.79 Å². The van der Waals surface area contributed by atoms with Crippen LogP contribution in [0.5, 0.6) is 0 Å². The first-order valence-corrected chi connectivity index (χ1v) is 8.63. The summed E-state index contributed by atoms with van der Waals surface area (Å²) in [6.07, 6.45) is 7.64. The first-order valence-electron chi connectivity index (χ1n) is 8.63. The molecule has 1 aliphatic carbocycles. The third kappa shape index (κ3) is 2.81. The minimum atomic E-state index is -0.0833. The molecule has 0 unspecified atom stereocenters. The second-order valence-corrected chi connectivity index (χ2v) is 6.29. The zero-order chi connectivity index (χ0) is 15.5. The number of nitrogens with zero attached hydrogens (tertiary/aromatic N) is 4. The van der Waals surface area contributed by atoms with Crippen molar-refractivity contribution in [1.29, 1.82) is 0 Å². The molecule has 1 saturated carbocycles. The third-order valence-corrected chi connectivity index (χ3v) is 5.03. The molecular weight excluding hydrogens is 276 g/mol. The summed E-state index contributed by atoms with van der Waals surface area (Å²) in [7, 11) is 0. The fourth-order valence-electron chi connectivity index (χ4n) is 3.73. The van der Waals surface area contributed by atoms with E-state index in [-0.39, 0.29) is 11.9 Å². The van der Waals surface area contributed by atoms with Gasteiger partial charge in [0.05, 0.1) is 0 Å². The zero-order valence-corrected chi connectivity index (χ0v) is 13.7. The number of amides is 1. The molecule has 2 aliphatic rings. The van der Waals surface area contributed by atoms with Crippen LogP contribution in [0.4, 0.5) is 5.82 Å². The Morgan fingerprint density at radius 1 is 1.23 bits per heavy atom. The van der Waals surface area contributed by atoms with Crippen LogP contribution < -0.4 is 4.90 Å². The van der Waals surface area contributed by atoms with Crippen LogP contribution in [0.15, 0.2) is 12.3 Å². The van der Waals surface area contributed by atoms with Gasteiger partial charge in [0.15, 0.2) is 0 Å². The number of hydrogen-bond acceptors (Lipinski definition) is 4. The maximum atomic E-state index is 12.6. The van der Waals surface area contributed by atoms with Gasteiger partial charge in [-0.05, 0) is 32.3 Å². The first kappa shape index (κ1) is 15.3. The monoisotopic (exact) mass is 302 g/mol. The largest absolute Gasteiger partial charge is 0.343 e. The Morgan fingerprint density at radius 2 is 2.00 bits per heavy atom. The summed E-state index contributed by atoms with van der Waals surface area (Å²) in [6.45, 7) is 6.56. The Kier molecular flexibility index (Phi) is 4.60. The number of hydrogen-bond donors (Lipinski definition) is 0. The van der Waals surface area contributed by atoms with E-state index in [1.54, 1.807) is 0 Å². The Balaban J connectivity index is 1.83. The van der Waals surface area contributed by atoms with E-state index in [1.165, 1.54) is 25.7 Å². The van der Waals surface area contributed by atoms with Gasteiger partial charge in [0, 0.05) is 31.7 Å². The standard InChI is InChI=1S/C17H26N4O/c1-3-14-17(22)20(4-2)11-12-21(14)15-9-10-18-16(19-15)13-7-5-6-8-13/h9-10,13-14H,3-8,11-12H2,1-2H3/t14-/m1/s1. The Labute approximate surface area is 132 Å². The summed E-state index contributed by atoms with van der Waals surface area (Å²) in [5.41, 5.74) is 0. The fourth-order valence-corrected chi connectivity index (χ4v) is 3.73. The third-order valence-electron chi connectivity index (χ3n) is 5.03. The Bertz CT molecular complexity index is 527. The molecule has 3 rings (SSSR count). The van der Waals surface area contributed by atoms with Crippen LogP contribution in [-0.4, -0.2) is 46.5 Å². The molecule has 1 aromatic rings. The molecule has 0 bridgehead atoms. The molecule has 1 aliphatic heterocycles. The van der Waals surface area contributed by atoms with Crippen molar-refractivity contribution in [3.63, 3.8) is 0 Å². The summed E-state index contributed by atoms with van der Waals surface area (Å²) in [6, 6.07) is 1.87. The molecule has 1 aromatic heterocycles. The molecule has 2 fully saturated rings. The highest BCUT2D eigenvalue weighted by atomic mass is 16.2. The smallest absolute Gasteiger partial charge is 0.245 e. The van der Waals surface area contributed by atoms with E-state index in [2.05, 4.69) is 16.8 Å². The molecule has 5 heteroatoms. The molecule has 0 spiro atoms. The molecule has 0 aromatic carbocycles. The molecule has 1 saturated heterocycles. The molecule has 0 N–H and O–H groups in total. The van der Waals surface area contributed by atoms with Gasteiger partial charge in [-0.15, -0.1) is 0 Å². The maximum Gasteiger partial charge on any atom is 0.245 e. The van der Waals surface area contributed by atoms with Gasteiger partial charge in [0.25, 0.3) is 0 Å². The molecule has 120 valence electrons. The van der Waals surface area contributed by atoms with Crippen LogP contribution in [0.25, 0.3) is 0 Å². The van der Waals surface area contributed by atoms with E-state index >= 15 is 0 Å². The lowest BCUT2D eigenvalue weighted by atomic mass is 10.1. The second-order valence-electron chi connectivity index (χ2n) is 6.29. The predicted molar refractivity (Wildman–Crippen MR) is 86.9 cm³/mol. The number of rotatable bonds is 4. The van der Waals surface area contributed by atoms with E-state index in [4.69, 9.17) is 4.98 Å². The van der Waals surface area contributed by atoms with Crippen LogP contribution in [0.2, 0.25) is 0 Å². The van der Waals surface area contributed by atoms with Gasteiger partial charge in [-0.25, -0.2) is 9.97 Å². The number of carbonyl (C=O) groups excluding carboxylic acids is 1. The summed E-state index contributed by atoms with van der Waals surface area (Å²) in [5.74, 6) is 2.63. The van der Waals surface area contributed by atoms with E-state index in [0.29, 0.717) is 5.92 Å². The van der Waals surface area contributed by atoms with Crippen LogP contribution in [0, 0.1) is 0 Å². The fraction of sp³-hybridized carbons (Fsp3) is 0.706. The van der Waals surface area contributed by atoms with Crippen molar-refractivity contribution in [2.24, 2.45) is 0 Å². The number of aromatic nitrogens is 2. The lowest BCUT2D eigenvalue weighted by Crippen LogP contribution is -2.57. The highest BCUT2D eigenvalue weighted by Gasteiger charge is 2.33. The molecule has 5 nitrogen and oxygen atoms in total. The van der Waals surface area contributed by atoms with Crippen LogP contribution >= 0.6 is 0 Å². The van der Waals surface area contributed by atoms with Gasteiger partial charge in [0.2, 0.25) is 5.91 Å². The van der Waals surface area contributed by atoms with E-state index in [0.717, 1.165) is 37.7 Å². The van der Waals surface area contributed by atoms with E-state index < -0.39 is 0 Å². The second kappa shape index (κ2) is 6.63. The molecule has 2 heterocycles. The SMILES string of the molecule is CC[C@@H]1C(=O)N(CC)CCN1c1ccnc(C2CCCC2)n1. The van der Waals surface area contributed by atoms with Crippen LogP contribution in [0.3, 0.4) is 0 Å². The molecule has 1 atom stereocenters. The predicted octanol–water partition coefficient (Wildman–Crippen LogP) is 2.58. The summed E-state index contributed by atoms with van der Waals surface area (Å²) in [4.78, 5) is 26.0. The lowest BCUT2D eigenvalue weighted by molar-refractivity contribution is -0.134. The van der Waals surface area contributed by atoms with Crippen molar-refractivity contribution in [3.8, 4) is 0 Å². The van der Waals surface area contributed by atoms with Crippen molar-refractivity contribution in [2.75, 3.05) is 24.5 Å². The number of carbonyl (C=O) groups is 1. The number of likely N-dealkylation sites (N-methyl/N-ethyl adjacent to an activating group) is 1. The Hall–Kier alpha value is -1.65. The lowest BCUT2D eigenvalue weighted by Gasteiger charge is -2.40. The zero-order valence-electron chi connectivity index (χ0n) is 13.7. The summed E-state index contributed by atoms with van der Waals surface area (Å²) < 4.78 is 0. The van der Waals surface area contributed by atoms with Gasteiger partial charge in [-0.3, -0.25) is 4.79 Å². The molecule has 22 heavy (non-hydrogen) atoms. The van der Waals surface area contributed by atoms with Gasteiger partial charge < -0.3 is 9.80 Å². The minimum absolute atomic E-state index is 0.0833. The molecule has 1 amide bonds. The summed E-state index contributed by atoms with van der Waals surface area (Å²) in [5, 5.41) is 0. The highest BCUT2D eigenvalue weighted by Crippen LogP contribution is 2.33. The van der Waals surface area contributed by atoms with Crippen molar-refractivity contribution in [3.05, 3.63) is 18.1 Å². The van der Waals surface area contributed by atoms with Gasteiger partial charge in [-0.2, -0.15) is 0 Å². The quantitative estimate of drug-likeness (QED) is 0.858. The average molecular weight is 302 g/mol. The van der Waals surface area contributed by atoms with Crippen LogP contribution in [0.1, 0.15) is 57.7 Å². The van der Waals surface area contributed by atoms with Crippen molar-refractivity contribution in [1.82, 2.24) is 14.9 Å². The first-order chi connectivity index (χ1) is 10.7. The number of piperazine rings is 1. The van der Waals surface area contributed by atoms with Gasteiger partial charge >= 0.3 is 0 Å². The topological polar surface area (TPSA) is 49.3 Å². The van der Waals surface area contributed by atoms with Gasteiger partial charge in [-0.1, -0.05) is 19.8 Å². The summed E-state index contributed by atoms with van der Waals surface area (Å²) >= 11 is 0. The highest BCUT2D eigenvalue weighted by molar-refractivity contribution is 5.86. The van der Waals surface area contributed by atoms with Crippen molar-refractivity contribution in [2.45, 2.75) is 57.9 Å². The minimum Gasteiger partial charge on any atom is -0.343 e. The Morgan fingerprint density at radius 3 is 2.68 bits per heavy atom. The number of anilines is 1. The van der Waals surface area contributed by atoms with Crippen LogP contribution in [-0.2, 0) is 4.79 Å². The van der Waals surface area contributed by atoms with E-state index in [9.17, 15) is 4.79 Å². The normalized spacial score (nSPS) is 23.4. The molecular formula is C17H26N4O. The average Bonchev–Trinajstić information content (AvgIpc) is 3.09. The van der Waals surface area contributed by atoms with Crippen molar-refractivity contribution >= 4 is 11.7 Å². The van der Waals surface area contributed by atoms with E-state index in [1.807, 2.05) is 24.1 Å². The van der Waals surface area contributed by atoms with Gasteiger partial charge in [0.1, 0.15) is 17.7 Å².